The van der Waals surface area contributed by atoms with Crippen molar-refractivity contribution in [2.45, 2.75) is 24.8 Å². The van der Waals surface area contributed by atoms with Crippen LogP contribution in [-0.2, 0) is 10.0 Å². The second kappa shape index (κ2) is 7.94. The highest BCUT2D eigenvalue weighted by Gasteiger charge is 2.34. The number of hydrogen-bond donors (Lipinski definition) is 1. The van der Waals surface area contributed by atoms with Crippen molar-refractivity contribution in [2.75, 3.05) is 26.2 Å². The van der Waals surface area contributed by atoms with Crippen molar-refractivity contribution in [1.29, 1.82) is 0 Å². The zero-order valence-corrected chi connectivity index (χ0v) is 17.7. The van der Waals surface area contributed by atoms with Crippen LogP contribution in [0.2, 0.25) is 0 Å². The lowest BCUT2D eigenvalue weighted by molar-refractivity contribution is 0.0783. The minimum atomic E-state index is -3.90. The quantitative estimate of drug-likeness (QED) is 0.632. The fourth-order valence-electron chi connectivity index (χ4n) is 4.09. The SMILES string of the molecule is Cc1[nH]c2ccccc2c1C(=O)[C@@H](C)N1CCN(S(=O)(=O)c2ccccc2F)CC1. The molecule has 0 amide bonds. The zero-order valence-electron chi connectivity index (χ0n) is 16.9. The molecule has 0 bridgehead atoms. The molecular formula is C22H24FN3O3S. The van der Waals surface area contributed by atoms with Gasteiger partial charge in [0.2, 0.25) is 10.0 Å². The molecule has 1 fully saturated rings. The molecule has 0 spiro atoms. The lowest BCUT2D eigenvalue weighted by Crippen LogP contribution is -2.53. The van der Waals surface area contributed by atoms with E-state index in [1.54, 1.807) is 0 Å². The van der Waals surface area contributed by atoms with E-state index in [0.717, 1.165) is 22.7 Å². The van der Waals surface area contributed by atoms with Gasteiger partial charge in [0.1, 0.15) is 10.7 Å². The van der Waals surface area contributed by atoms with Crippen molar-refractivity contribution >= 4 is 26.7 Å². The summed E-state index contributed by atoms with van der Waals surface area (Å²) in [6, 6.07) is 12.7. The molecule has 158 valence electrons. The Kier molecular flexibility index (Phi) is 5.48. The zero-order chi connectivity index (χ0) is 21.5. The number of H-pyrrole nitrogens is 1. The largest absolute Gasteiger partial charge is 0.358 e. The number of aryl methyl sites for hydroxylation is 1. The molecule has 8 heteroatoms. The van der Waals surface area contributed by atoms with Gasteiger partial charge in [0, 0.05) is 48.3 Å². The van der Waals surface area contributed by atoms with Crippen molar-refractivity contribution in [3.8, 4) is 0 Å². The van der Waals surface area contributed by atoms with Gasteiger partial charge in [0.05, 0.1) is 6.04 Å². The highest BCUT2D eigenvalue weighted by Crippen LogP contribution is 2.26. The maximum absolute atomic E-state index is 14.0. The molecule has 1 aromatic heterocycles. The molecule has 1 atom stereocenters. The number of fused-ring (bicyclic) bond motifs is 1. The average Bonchev–Trinajstić information content (AvgIpc) is 3.08. The Balaban J connectivity index is 1.49. The Morgan fingerprint density at radius 2 is 1.67 bits per heavy atom. The molecule has 3 aromatic rings. The minimum absolute atomic E-state index is 0.00959. The number of hydrogen-bond acceptors (Lipinski definition) is 4. The fraction of sp³-hybridized carbons (Fsp3) is 0.318. The van der Waals surface area contributed by atoms with Gasteiger partial charge in [-0.2, -0.15) is 4.31 Å². The fourth-order valence-corrected chi connectivity index (χ4v) is 5.58. The number of nitrogens with one attached hydrogen (secondary N) is 1. The van der Waals surface area contributed by atoms with E-state index < -0.39 is 15.8 Å². The van der Waals surface area contributed by atoms with Crippen LogP contribution >= 0.6 is 0 Å². The number of aromatic nitrogens is 1. The van der Waals surface area contributed by atoms with Gasteiger partial charge in [-0.3, -0.25) is 9.69 Å². The number of sulfonamides is 1. The van der Waals surface area contributed by atoms with Gasteiger partial charge in [-0.1, -0.05) is 30.3 Å². The summed E-state index contributed by atoms with van der Waals surface area (Å²) in [6.07, 6.45) is 0. The molecule has 1 aliphatic rings. The minimum Gasteiger partial charge on any atom is -0.358 e. The first kappa shape index (κ1) is 20.7. The van der Waals surface area contributed by atoms with Crippen LogP contribution in [0.25, 0.3) is 10.9 Å². The Bertz CT molecular complexity index is 1200. The number of carbonyl (C=O) groups is 1. The lowest BCUT2D eigenvalue weighted by Gasteiger charge is -2.36. The summed E-state index contributed by atoms with van der Waals surface area (Å²) < 4.78 is 40.9. The number of Topliss-reactive ketones (excluding diaryl/α,β-unsaturated/α-hetero) is 1. The third-order valence-electron chi connectivity index (χ3n) is 5.79. The van der Waals surface area contributed by atoms with Gasteiger partial charge >= 0.3 is 0 Å². The van der Waals surface area contributed by atoms with Gasteiger partial charge < -0.3 is 4.98 Å². The second-order valence-corrected chi connectivity index (χ2v) is 9.49. The van der Waals surface area contributed by atoms with Crippen LogP contribution in [0.1, 0.15) is 23.0 Å². The number of ketones is 1. The topological polar surface area (TPSA) is 73.5 Å². The van der Waals surface area contributed by atoms with Crippen LogP contribution in [0.5, 0.6) is 0 Å². The summed E-state index contributed by atoms with van der Waals surface area (Å²) in [5.74, 6) is -0.742. The van der Waals surface area contributed by atoms with E-state index in [9.17, 15) is 17.6 Å². The first-order chi connectivity index (χ1) is 14.3. The van der Waals surface area contributed by atoms with E-state index in [4.69, 9.17) is 0 Å². The Hall–Kier alpha value is -2.55. The number of rotatable bonds is 5. The first-order valence-corrected chi connectivity index (χ1v) is 11.3. The number of halogens is 1. The molecule has 1 saturated heterocycles. The van der Waals surface area contributed by atoms with Gasteiger partial charge in [-0.05, 0) is 32.0 Å². The second-order valence-electron chi connectivity index (χ2n) is 7.58. The summed E-state index contributed by atoms with van der Waals surface area (Å²) in [4.78, 5) is 18.2. The van der Waals surface area contributed by atoms with Gasteiger partial charge in [-0.15, -0.1) is 0 Å². The van der Waals surface area contributed by atoms with Crippen LogP contribution in [0.4, 0.5) is 4.39 Å². The van der Waals surface area contributed by atoms with Gasteiger partial charge in [0.25, 0.3) is 0 Å². The van der Waals surface area contributed by atoms with Crippen LogP contribution in [0, 0.1) is 12.7 Å². The molecule has 2 heterocycles. The molecule has 0 saturated carbocycles. The number of para-hydroxylation sites is 1. The number of carbonyl (C=O) groups excluding carboxylic acids is 1. The molecule has 2 aromatic carbocycles. The smallest absolute Gasteiger partial charge is 0.246 e. The van der Waals surface area contributed by atoms with Crippen LogP contribution in [0.15, 0.2) is 53.4 Å². The summed E-state index contributed by atoms with van der Waals surface area (Å²) in [6.45, 7) is 4.97. The van der Waals surface area contributed by atoms with Crippen LogP contribution < -0.4 is 0 Å². The van der Waals surface area contributed by atoms with E-state index >= 15 is 0 Å². The van der Waals surface area contributed by atoms with Crippen LogP contribution in [-0.4, -0.2) is 60.6 Å². The number of nitrogens with zero attached hydrogens (tertiary/aromatic N) is 2. The van der Waals surface area contributed by atoms with Crippen LogP contribution in [0.3, 0.4) is 0 Å². The summed E-state index contributed by atoms with van der Waals surface area (Å²) in [5.41, 5.74) is 2.43. The Morgan fingerprint density at radius 1 is 1.03 bits per heavy atom. The maximum Gasteiger partial charge on any atom is 0.246 e. The third kappa shape index (κ3) is 3.55. The van der Waals surface area contributed by atoms with Gasteiger partial charge in [-0.25, -0.2) is 12.8 Å². The first-order valence-electron chi connectivity index (χ1n) is 9.91. The predicted octanol–water partition coefficient (Wildman–Crippen LogP) is 3.19. The molecular weight excluding hydrogens is 405 g/mol. The normalized spacial score (nSPS) is 17.3. The van der Waals surface area contributed by atoms with Crippen molar-refractivity contribution < 1.29 is 17.6 Å². The summed E-state index contributed by atoms with van der Waals surface area (Å²) in [7, 11) is -3.90. The molecule has 4 rings (SSSR count). The highest BCUT2D eigenvalue weighted by atomic mass is 32.2. The molecule has 0 unspecified atom stereocenters. The van der Waals surface area contributed by atoms with Crippen molar-refractivity contribution in [2.24, 2.45) is 0 Å². The Morgan fingerprint density at radius 3 is 2.37 bits per heavy atom. The molecule has 6 nitrogen and oxygen atoms in total. The average molecular weight is 430 g/mol. The van der Waals surface area contributed by atoms with E-state index in [1.807, 2.05) is 43.0 Å². The summed E-state index contributed by atoms with van der Waals surface area (Å²) >= 11 is 0. The molecule has 0 aliphatic carbocycles. The molecule has 30 heavy (non-hydrogen) atoms. The Labute approximate surface area is 175 Å². The van der Waals surface area contributed by atoms with Crippen molar-refractivity contribution in [1.82, 2.24) is 14.2 Å². The monoisotopic (exact) mass is 429 g/mol. The summed E-state index contributed by atoms with van der Waals surface area (Å²) in [5, 5.41) is 0.896. The number of aromatic amines is 1. The predicted molar refractivity (Wildman–Crippen MR) is 114 cm³/mol. The maximum atomic E-state index is 14.0. The molecule has 1 aliphatic heterocycles. The van der Waals surface area contributed by atoms with Crippen molar-refractivity contribution in [3.05, 3.63) is 65.6 Å². The molecule has 0 radical (unpaired) electrons. The van der Waals surface area contributed by atoms with E-state index in [2.05, 4.69) is 4.98 Å². The van der Waals surface area contributed by atoms with Gasteiger partial charge in [0.15, 0.2) is 5.78 Å². The standard InChI is InChI=1S/C22H24FN3O3S/c1-15-21(17-7-3-5-9-19(17)24-15)22(27)16(2)25-11-13-26(14-12-25)30(28,29)20-10-6-4-8-18(20)23/h3-10,16,24H,11-14H2,1-2H3/t16-/m1/s1. The lowest BCUT2D eigenvalue weighted by atomic mass is 10.0. The van der Waals surface area contributed by atoms with E-state index in [-0.39, 0.29) is 29.8 Å². The number of piperazine rings is 1. The number of benzene rings is 2. The highest BCUT2D eigenvalue weighted by molar-refractivity contribution is 7.89. The molecule has 1 N–H and O–H groups in total. The third-order valence-corrected chi connectivity index (χ3v) is 7.73. The van der Waals surface area contributed by atoms with E-state index in [0.29, 0.717) is 18.7 Å². The van der Waals surface area contributed by atoms with E-state index in [1.165, 1.54) is 22.5 Å². The van der Waals surface area contributed by atoms with Crippen molar-refractivity contribution in [3.63, 3.8) is 0 Å².